The normalized spacial score (nSPS) is 10.3. The number of aryl methyl sites for hydroxylation is 1. The summed E-state index contributed by atoms with van der Waals surface area (Å²) in [5.41, 5.74) is 2.41. The first kappa shape index (κ1) is 12.5. The lowest BCUT2D eigenvalue weighted by atomic mass is 10.0. The van der Waals surface area contributed by atoms with Gasteiger partial charge in [0.05, 0.1) is 5.56 Å². The molecule has 18 heavy (non-hydrogen) atoms. The first-order valence-corrected chi connectivity index (χ1v) is 5.68. The molecular formula is C14H11ClO3. The average molecular weight is 263 g/mol. The topological polar surface area (TPSA) is 57.5 Å². The number of benzene rings is 2. The molecule has 0 heterocycles. The third kappa shape index (κ3) is 2.63. The molecule has 0 fully saturated rings. The molecule has 0 aromatic heterocycles. The molecule has 0 bridgehead atoms. The molecule has 0 atom stereocenters. The Kier molecular flexibility index (Phi) is 3.26. The minimum atomic E-state index is -1.08. The van der Waals surface area contributed by atoms with E-state index in [-0.39, 0.29) is 11.3 Å². The predicted octanol–water partition coefficient (Wildman–Crippen LogP) is 3.72. The molecule has 0 aliphatic heterocycles. The van der Waals surface area contributed by atoms with Crippen molar-refractivity contribution in [1.29, 1.82) is 0 Å². The van der Waals surface area contributed by atoms with Gasteiger partial charge in [0.25, 0.3) is 0 Å². The number of aromatic hydroxyl groups is 1. The van der Waals surface area contributed by atoms with Crippen LogP contribution in [0.15, 0.2) is 36.4 Å². The second kappa shape index (κ2) is 4.70. The van der Waals surface area contributed by atoms with E-state index in [1.165, 1.54) is 18.2 Å². The smallest absolute Gasteiger partial charge is 0.335 e. The second-order valence-electron chi connectivity index (χ2n) is 4.09. The zero-order chi connectivity index (χ0) is 13.3. The number of hydrogen-bond donors (Lipinski definition) is 2. The van der Waals surface area contributed by atoms with E-state index in [0.29, 0.717) is 10.6 Å². The van der Waals surface area contributed by atoms with Crippen molar-refractivity contribution in [2.24, 2.45) is 0 Å². The van der Waals surface area contributed by atoms with Gasteiger partial charge < -0.3 is 10.2 Å². The van der Waals surface area contributed by atoms with Gasteiger partial charge in [-0.2, -0.15) is 0 Å². The van der Waals surface area contributed by atoms with Crippen molar-refractivity contribution in [1.82, 2.24) is 0 Å². The van der Waals surface area contributed by atoms with Gasteiger partial charge in [-0.25, -0.2) is 4.79 Å². The van der Waals surface area contributed by atoms with Crippen LogP contribution in [0.1, 0.15) is 15.9 Å². The van der Waals surface area contributed by atoms with E-state index < -0.39 is 5.97 Å². The van der Waals surface area contributed by atoms with Crippen LogP contribution >= 0.6 is 11.6 Å². The molecule has 0 aliphatic carbocycles. The molecule has 4 heteroatoms. The number of hydrogen-bond acceptors (Lipinski definition) is 2. The van der Waals surface area contributed by atoms with Crippen LogP contribution in [0.3, 0.4) is 0 Å². The first-order chi connectivity index (χ1) is 8.45. The number of phenolic OH excluding ortho intramolecular Hbond substituents is 1. The van der Waals surface area contributed by atoms with Crippen LogP contribution in [-0.2, 0) is 0 Å². The maximum absolute atomic E-state index is 10.9. The van der Waals surface area contributed by atoms with Crippen LogP contribution in [0.4, 0.5) is 0 Å². The zero-order valence-corrected chi connectivity index (χ0v) is 10.4. The Morgan fingerprint density at radius 2 is 1.72 bits per heavy atom. The number of carbonyl (C=O) groups is 1. The number of rotatable bonds is 2. The molecule has 0 amide bonds. The number of aromatic carboxylic acids is 1. The average Bonchev–Trinajstić information content (AvgIpc) is 2.26. The summed E-state index contributed by atoms with van der Waals surface area (Å²) < 4.78 is 0. The fraction of sp³-hybridized carbons (Fsp3) is 0.0714. The lowest BCUT2D eigenvalue weighted by Gasteiger charge is -2.06. The van der Waals surface area contributed by atoms with Gasteiger partial charge in [0, 0.05) is 5.02 Å². The SMILES string of the molecule is Cc1cc(Cl)cc(-c2cc(O)cc(C(=O)O)c2)c1. The molecule has 2 aromatic rings. The van der Waals surface area contributed by atoms with Crippen LogP contribution in [0.2, 0.25) is 5.02 Å². The Balaban J connectivity index is 2.59. The summed E-state index contributed by atoms with van der Waals surface area (Å²) >= 11 is 5.96. The summed E-state index contributed by atoms with van der Waals surface area (Å²) in [6.07, 6.45) is 0. The van der Waals surface area contributed by atoms with E-state index in [1.54, 1.807) is 6.07 Å². The van der Waals surface area contributed by atoms with Crippen LogP contribution in [0, 0.1) is 6.92 Å². The van der Waals surface area contributed by atoms with Gasteiger partial charge >= 0.3 is 5.97 Å². The molecule has 92 valence electrons. The largest absolute Gasteiger partial charge is 0.508 e. The number of phenols is 1. The Labute approximate surface area is 109 Å². The highest BCUT2D eigenvalue weighted by molar-refractivity contribution is 6.31. The highest BCUT2D eigenvalue weighted by Crippen LogP contribution is 2.28. The first-order valence-electron chi connectivity index (χ1n) is 5.30. The van der Waals surface area contributed by atoms with E-state index >= 15 is 0 Å². The summed E-state index contributed by atoms with van der Waals surface area (Å²) in [4.78, 5) is 10.9. The molecular weight excluding hydrogens is 252 g/mol. The van der Waals surface area contributed by atoms with E-state index in [1.807, 2.05) is 19.1 Å². The molecule has 0 unspecified atom stereocenters. The van der Waals surface area contributed by atoms with Gasteiger partial charge in [-0.05, 0) is 53.9 Å². The van der Waals surface area contributed by atoms with E-state index in [4.69, 9.17) is 16.7 Å². The summed E-state index contributed by atoms with van der Waals surface area (Å²) in [6.45, 7) is 1.90. The van der Waals surface area contributed by atoms with Crippen LogP contribution in [0.25, 0.3) is 11.1 Å². The highest BCUT2D eigenvalue weighted by atomic mass is 35.5. The molecule has 2 aromatic carbocycles. The van der Waals surface area contributed by atoms with Crippen molar-refractivity contribution in [3.63, 3.8) is 0 Å². The van der Waals surface area contributed by atoms with E-state index in [9.17, 15) is 9.90 Å². The van der Waals surface area contributed by atoms with Gasteiger partial charge in [0.2, 0.25) is 0 Å². The van der Waals surface area contributed by atoms with Gasteiger partial charge in [-0.3, -0.25) is 0 Å². The second-order valence-corrected chi connectivity index (χ2v) is 4.53. The summed E-state index contributed by atoms with van der Waals surface area (Å²) in [6, 6.07) is 9.65. The molecule has 3 nitrogen and oxygen atoms in total. The molecule has 0 spiro atoms. The van der Waals surface area contributed by atoms with Crippen LogP contribution in [-0.4, -0.2) is 16.2 Å². The fourth-order valence-electron chi connectivity index (χ4n) is 1.80. The quantitative estimate of drug-likeness (QED) is 0.867. The third-order valence-corrected chi connectivity index (χ3v) is 2.76. The number of carboxylic acid groups (broad SMARTS) is 1. The number of carboxylic acids is 1. The fourth-order valence-corrected chi connectivity index (χ4v) is 2.09. The zero-order valence-electron chi connectivity index (χ0n) is 9.64. The van der Waals surface area contributed by atoms with Crippen molar-refractivity contribution >= 4 is 17.6 Å². The van der Waals surface area contributed by atoms with Crippen molar-refractivity contribution in [2.75, 3.05) is 0 Å². The monoisotopic (exact) mass is 262 g/mol. The maximum Gasteiger partial charge on any atom is 0.335 e. The predicted molar refractivity (Wildman–Crippen MR) is 70.2 cm³/mol. The van der Waals surface area contributed by atoms with Crippen molar-refractivity contribution < 1.29 is 15.0 Å². The van der Waals surface area contributed by atoms with Gasteiger partial charge in [-0.15, -0.1) is 0 Å². The minimum absolute atomic E-state index is 0.0441. The van der Waals surface area contributed by atoms with Gasteiger partial charge in [0.15, 0.2) is 0 Å². The van der Waals surface area contributed by atoms with Crippen molar-refractivity contribution in [3.05, 3.63) is 52.5 Å². The molecule has 2 rings (SSSR count). The standard InChI is InChI=1S/C14H11ClO3/c1-8-2-9(5-12(15)3-8)10-4-11(14(17)18)7-13(16)6-10/h2-7,16H,1H3,(H,17,18). The molecule has 0 saturated carbocycles. The molecule has 0 radical (unpaired) electrons. The molecule has 2 N–H and O–H groups in total. The highest BCUT2D eigenvalue weighted by Gasteiger charge is 2.08. The summed E-state index contributed by atoms with van der Waals surface area (Å²) in [7, 11) is 0. The Bertz CT molecular complexity index is 600. The van der Waals surface area contributed by atoms with Crippen LogP contribution < -0.4 is 0 Å². The maximum atomic E-state index is 10.9. The molecule has 0 saturated heterocycles. The minimum Gasteiger partial charge on any atom is -0.508 e. The van der Waals surface area contributed by atoms with E-state index in [2.05, 4.69) is 0 Å². The summed E-state index contributed by atoms with van der Waals surface area (Å²) in [5.74, 6) is -1.16. The van der Waals surface area contributed by atoms with Crippen molar-refractivity contribution in [2.45, 2.75) is 6.92 Å². The Morgan fingerprint density at radius 1 is 1.06 bits per heavy atom. The lowest BCUT2D eigenvalue weighted by Crippen LogP contribution is -1.96. The van der Waals surface area contributed by atoms with Gasteiger partial charge in [0.1, 0.15) is 5.75 Å². The van der Waals surface area contributed by atoms with E-state index in [0.717, 1.165) is 11.1 Å². The Hall–Kier alpha value is -2.00. The number of halogens is 1. The van der Waals surface area contributed by atoms with Crippen LogP contribution in [0.5, 0.6) is 5.75 Å². The summed E-state index contributed by atoms with van der Waals surface area (Å²) in [5, 5.41) is 19.1. The lowest BCUT2D eigenvalue weighted by molar-refractivity contribution is 0.0696. The van der Waals surface area contributed by atoms with Gasteiger partial charge in [-0.1, -0.05) is 17.7 Å². The third-order valence-electron chi connectivity index (χ3n) is 2.54. The molecule has 0 aliphatic rings. The van der Waals surface area contributed by atoms with Crippen molar-refractivity contribution in [3.8, 4) is 16.9 Å². The Morgan fingerprint density at radius 3 is 2.33 bits per heavy atom.